The predicted molar refractivity (Wildman–Crippen MR) is 42.4 cm³/mol. The minimum absolute atomic E-state index is 0.570. The molecule has 0 heterocycles. The van der Waals surface area contributed by atoms with E-state index in [9.17, 15) is 0 Å². The summed E-state index contributed by atoms with van der Waals surface area (Å²) in [6.45, 7) is 7.18. The zero-order valence-electron chi connectivity index (χ0n) is 6.97. The number of rotatable bonds is 4. The molecular formula is C9H17O. The van der Waals surface area contributed by atoms with Crippen LogP contribution in [-0.4, -0.2) is 6.61 Å². The molecule has 1 saturated carbocycles. The first-order valence-electron chi connectivity index (χ1n) is 4.24. The van der Waals surface area contributed by atoms with Gasteiger partial charge >= 0.3 is 0 Å². The molecule has 0 spiro atoms. The SMILES string of the molecule is CC(C)[CH]OCC1CCC1. The van der Waals surface area contributed by atoms with Gasteiger partial charge in [0.05, 0.1) is 6.61 Å². The van der Waals surface area contributed by atoms with Crippen molar-refractivity contribution in [2.24, 2.45) is 11.8 Å². The van der Waals surface area contributed by atoms with Crippen molar-refractivity contribution in [3.63, 3.8) is 0 Å². The molecule has 0 aromatic carbocycles. The summed E-state index contributed by atoms with van der Waals surface area (Å²) in [5, 5.41) is 0. The topological polar surface area (TPSA) is 9.23 Å². The van der Waals surface area contributed by atoms with Crippen molar-refractivity contribution in [1.29, 1.82) is 0 Å². The molecule has 0 aromatic rings. The van der Waals surface area contributed by atoms with E-state index in [1.54, 1.807) is 0 Å². The summed E-state index contributed by atoms with van der Waals surface area (Å²) in [6.07, 6.45) is 4.17. The zero-order chi connectivity index (χ0) is 7.40. The van der Waals surface area contributed by atoms with Crippen LogP contribution in [0.15, 0.2) is 0 Å². The van der Waals surface area contributed by atoms with Gasteiger partial charge in [-0.15, -0.1) is 0 Å². The second-order valence-electron chi connectivity index (χ2n) is 3.51. The Morgan fingerprint density at radius 3 is 2.60 bits per heavy atom. The maximum absolute atomic E-state index is 5.37. The van der Waals surface area contributed by atoms with Crippen LogP contribution in [0.2, 0.25) is 0 Å². The lowest BCUT2D eigenvalue weighted by atomic mass is 9.86. The Bertz CT molecular complexity index is 84.7. The van der Waals surface area contributed by atoms with Crippen molar-refractivity contribution >= 4 is 0 Å². The minimum Gasteiger partial charge on any atom is -0.375 e. The highest BCUT2D eigenvalue weighted by Crippen LogP contribution is 2.26. The van der Waals surface area contributed by atoms with Crippen LogP contribution in [0.5, 0.6) is 0 Å². The molecule has 0 saturated heterocycles. The Labute approximate surface area is 63.8 Å². The van der Waals surface area contributed by atoms with Crippen LogP contribution >= 0.6 is 0 Å². The Kier molecular flexibility index (Phi) is 3.20. The Hall–Kier alpha value is -0.0400. The molecule has 0 unspecified atom stereocenters. The van der Waals surface area contributed by atoms with E-state index >= 15 is 0 Å². The van der Waals surface area contributed by atoms with Gasteiger partial charge in [0.15, 0.2) is 0 Å². The summed E-state index contributed by atoms with van der Waals surface area (Å²) in [5.41, 5.74) is 0. The molecule has 1 rings (SSSR count). The molecule has 1 radical (unpaired) electrons. The van der Waals surface area contributed by atoms with Gasteiger partial charge in [-0.2, -0.15) is 0 Å². The van der Waals surface area contributed by atoms with Crippen molar-refractivity contribution < 1.29 is 4.74 Å². The highest BCUT2D eigenvalue weighted by molar-refractivity contribution is 4.69. The van der Waals surface area contributed by atoms with E-state index < -0.39 is 0 Å². The first-order valence-corrected chi connectivity index (χ1v) is 4.24. The highest BCUT2D eigenvalue weighted by Gasteiger charge is 2.17. The van der Waals surface area contributed by atoms with Crippen molar-refractivity contribution in [2.75, 3.05) is 6.61 Å². The highest BCUT2D eigenvalue weighted by atomic mass is 16.5. The monoisotopic (exact) mass is 141 g/mol. The van der Waals surface area contributed by atoms with Gasteiger partial charge in [0.1, 0.15) is 0 Å². The molecular weight excluding hydrogens is 124 g/mol. The molecule has 0 aliphatic heterocycles. The summed E-state index contributed by atoms with van der Waals surface area (Å²) in [4.78, 5) is 0. The predicted octanol–water partition coefficient (Wildman–Crippen LogP) is 2.62. The second kappa shape index (κ2) is 3.97. The van der Waals surface area contributed by atoms with Gasteiger partial charge in [0.2, 0.25) is 0 Å². The summed E-state index contributed by atoms with van der Waals surface area (Å²) in [7, 11) is 0. The Morgan fingerprint density at radius 2 is 2.20 bits per heavy atom. The molecule has 0 N–H and O–H groups in total. The van der Waals surface area contributed by atoms with Crippen molar-refractivity contribution in [1.82, 2.24) is 0 Å². The van der Waals surface area contributed by atoms with Crippen molar-refractivity contribution in [3.8, 4) is 0 Å². The largest absolute Gasteiger partial charge is 0.375 e. The van der Waals surface area contributed by atoms with E-state index in [1.807, 2.05) is 6.61 Å². The molecule has 0 atom stereocenters. The van der Waals surface area contributed by atoms with Crippen LogP contribution in [0, 0.1) is 18.4 Å². The second-order valence-corrected chi connectivity index (χ2v) is 3.51. The first-order chi connectivity index (χ1) is 4.79. The molecule has 1 nitrogen and oxygen atoms in total. The summed E-state index contributed by atoms with van der Waals surface area (Å²) >= 11 is 0. The molecule has 0 amide bonds. The van der Waals surface area contributed by atoms with Crippen LogP contribution in [-0.2, 0) is 4.74 Å². The van der Waals surface area contributed by atoms with Gasteiger partial charge in [-0.3, -0.25) is 0 Å². The lowest BCUT2D eigenvalue weighted by molar-refractivity contribution is 0.0992. The average molecular weight is 141 g/mol. The number of ether oxygens (including phenoxy) is 1. The molecule has 59 valence electrons. The van der Waals surface area contributed by atoms with Crippen LogP contribution in [0.1, 0.15) is 33.1 Å². The van der Waals surface area contributed by atoms with Crippen LogP contribution in [0.3, 0.4) is 0 Å². The maximum atomic E-state index is 5.37. The molecule has 1 heteroatoms. The molecule has 1 aliphatic carbocycles. The molecule has 0 bridgehead atoms. The number of hydrogen-bond donors (Lipinski definition) is 0. The lowest BCUT2D eigenvalue weighted by Gasteiger charge is -2.24. The third kappa shape index (κ3) is 2.70. The van der Waals surface area contributed by atoms with Gasteiger partial charge in [-0.1, -0.05) is 20.3 Å². The molecule has 1 aliphatic rings. The quantitative estimate of drug-likeness (QED) is 0.584. The fraction of sp³-hybridized carbons (Fsp3) is 0.889. The Morgan fingerprint density at radius 1 is 1.50 bits per heavy atom. The van der Waals surface area contributed by atoms with Crippen LogP contribution in [0.4, 0.5) is 0 Å². The van der Waals surface area contributed by atoms with Crippen LogP contribution < -0.4 is 0 Å². The fourth-order valence-electron chi connectivity index (χ4n) is 1.04. The minimum atomic E-state index is 0.570. The van der Waals surface area contributed by atoms with Crippen molar-refractivity contribution in [3.05, 3.63) is 6.61 Å². The van der Waals surface area contributed by atoms with Crippen molar-refractivity contribution in [2.45, 2.75) is 33.1 Å². The molecule has 10 heavy (non-hydrogen) atoms. The third-order valence-corrected chi connectivity index (χ3v) is 1.93. The van der Waals surface area contributed by atoms with E-state index in [4.69, 9.17) is 4.74 Å². The normalized spacial score (nSPS) is 19.5. The fourth-order valence-corrected chi connectivity index (χ4v) is 1.04. The average Bonchev–Trinajstić information content (AvgIpc) is 1.75. The van der Waals surface area contributed by atoms with Gasteiger partial charge < -0.3 is 4.74 Å². The van der Waals surface area contributed by atoms with E-state index in [0.29, 0.717) is 5.92 Å². The van der Waals surface area contributed by atoms with Gasteiger partial charge in [-0.25, -0.2) is 0 Å². The summed E-state index contributed by atoms with van der Waals surface area (Å²) < 4.78 is 5.37. The molecule has 1 fully saturated rings. The van der Waals surface area contributed by atoms with Crippen LogP contribution in [0.25, 0.3) is 0 Å². The van der Waals surface area contributed by atoms with Gasteiger partial charge in [0, 0.05) is 6.61 Å². The summed E-state index contributed by atoms with van der Waals surface area (Å²) in [5.74, 6) is 1.44. The van der Waals surface area contributed by atoms with E-state index in [0.717, 1.165) is 12.5 Å². The maximum Gasteiger partial charge on any atom is 0.0862 e. The van der Waals surface area contributed by atoms with E-state index in [1.165, 1.54) is 19.3 Å². The molecule has 0 aromatic heterocycles. The smallest absolute Gasteiger partial charge is 0.0862 e. The summed E-state index contributed by atoms with van der Waals surface area (Å²) in [6, 6.07) is 0. The number of hydrogen-bond acceptors (Lipinski definition) is 1. The van der Waals surface area contributed by atoms with Gasteiger partial charge in [-0.05, 0) is 24.7 Å². The van der Waals surface area contributed by atoms with E-state index in [2.05, 4.69) is 13.8 Å². The third-order valence-electron chi connectivity index (χ3n) is 1.93. The standard InChI is InChI=1S/C9H17O/c1-8(2)6-10-7-9-4-3-5-9/h6,8-9H,3-5,7H2,1-2H3. The van der Waals surface area contributed by atoms with E-state index in [-0.39, 0.29) is 0 Å². The first kappa shape index (κ1) is 8.06. The Balaban J connectivity index is 1.85. The van der Waals surface area contributed by atoms with Gasteiger partial charge in [0.25, 0.3) is 0 Å². The lowest BCUT2D eigenvalue weighted by Crippen LogP contribution is -2.17. The zero-order valence-corrected chi connectivity index (χ0v) is 6.97.